The van der Waals surface area contributed by atoms with E-state index in [1.165, 1.54) is 24.5 Å². The van der Waals surface area contributed by atoms with Crippen molar-refractivity contribution in [1.82, 2.24) is 19.3 Å². The van der Waals surface area contributed by atoms with Gasteiger partial charge in [-0.25, -0.2) is 9.59 Å². The van der Waals surface area contributed by atoms with Crippen molar-refractivity contribution in [2.75, 3.05) is 11.5 Å². The average Bonchev–Trinajstić information content (AvgIpc) is 2.19. The Morgan fingerprint density at radius 1 is 0.875 bits per heavy atom. The summed E-state index contributed by atoms with van der Waals surface area (Å²) in [6, 6.07) is 2.79. The second kappa shape index (κ2) is 3.50. The van der Waals surface area contributed by atoms with Gasteiger partial charge in [0, 0.05) is 12.4 Å². The van der Waals surface area contributed by atoms with Gasteiger partial charge < -0.3 is 11.5 Å². The van der Waals surface area contributed by atoms with Crippen LogP contribution in [0.25, 0.3) is 0 Å². The highest BCUT2D eigenvalue weighted by Crippen LogP contribution is 1.92. The van der Waals surface area contributed by atoms with E-state index in [0.29, 0.717) is 0 Å². The van der Waals surface area contributed by atoms with Crippen LogP contribution in [0.4, 0.5) is 11.6 Å². The molecular weight excluding hydrogens is 212 g/mol. The summed E-state index contributed by atoms with van der Waals surface area (Å²) in [6.07, 6.45) is 2.65. The molecule has 0 aliphatic rings. The number of nitrogens with two attached hydrogens (primary N) is 2. The first-order chi connectivity index (χ1) is 7.58. The van der Waals surface area contributed by atoms with Crippen molar-refractivity contribution < 1.29 is 0 Å². The maximum atomic E-state index is 11.4. The largest absolute Gasteiger partial charge is 0.383 e. The van der Waals surface area contributed by atoms with Crippen LogP contribution >= 0.6 is 0 Å². The third-order valence-electron chi connectivity index (χ3n) is 1.85. The van der Waals surface area contributed by atoms with Gasteiger partial charge in [-0.15, -0.1) is 0 Å². The molecule has 0 aliphatic heterocycles. The number of nitrogen functional groups attached to an aromatic ring is 2. The minimum absolute atomic E-state index is 0.0812. The summed E-state index contributed by atoms with van der Waals surface area (Å²) >= 11 is 0. The quantitative estimate of drug-likeness (QED) is 0.589. The van der Waals surface area contributed by atoms with E-state index in [2.05, 4.69) is 9.97 Å². The van der Waals surface area contributed by atoms with Gasteiger partial charge in [-0.3, -0.25) is 0 Å². The standard InChI is InChI=1S/C8H8N6O2/c9-5-1-3-13(7(15)11-5)14-4-2-6(10)12-8(14)16/h1-4H,(H2,9,11,15)(H2,10,12,16). The highest BCUT2D eigenvalue weighted by Gasteiger charge is 2.03. The molecule has 0 fully saturated rings. The number of aromatic nitrogens is 4. The summed E-state index contributed by atoms with van der Waals surface area (Å²) in [5, 5.41) is 0. The van der Waals surface area contributed by atoms with Crippen molar-refractivity contribution in [3.8, 4) is 0 Å². The number of rotatable bonds is 1. The third kappa shape index (κ3) is 1.63. The molecule has 0 saturated heterocycles. The molecule has 0 amide bonds. The first kappa shape index (κ1) is 9.90. The highest BCUT2D eigenvalue weighted by molar-refractivity contribution is 5.25. The number of hydrogen-bond donors (Lipinski definition) is 2. The Morgan fingerprint density at radius 2 is 1.25 bits per heavy atom. The topological polar surface area (TPSA) is 122 Å². The van der Waals surface area contributed by atoms with Crippen molar-refractivity contribution in [2.24, 2.45) is 0 Å². The zero-order valence-corrected chi connectivity index (χ0v) is 8.07. The molecule has 2 rings (SSSR count). The molecule has 0 aliphatic carbocycles. The summed E-state index contributed by atoms with van der Waals surface area (Å²) in [7, 11) is 0. The molecule has 0 saturated carbocycles. The van der Waals surface area contributed by atoms with Crippen LogP contribution in [0.3, 0.4) is 0 Å². The molecule has 0 radical (unpaired) electrons. The molecule has 0 aromatic carbocycles. The Balaban J connectivity index is 2.68. The highest BCUT2D eigenvalue weighted by atomic mass is 16.2. The zero-order chi connectivity index (χ0) is 11.7. The fraction of sp³-hybridized carbons (Fsp3) is 0. The smallest absolute Gasteiger partial charge is 0.368 e. The lowest BCUT2D eigenvalue weighted by Gasteiger charge is -2.06. The fourth-order valence-corrected chi connectivity index (χ4v) is 1.15. The summed E-state index contributed by atoms with van der Waals surface area (Å²) < 4.78 is 1.95. The Kier molecular flexibility index (Phi) is 2.16. The first-order valence-corrected chi connectivity index (χ1v) is 4.29. The van der Waals surface area contributed by atoms with Crippen LogP contribution in [0, 0.1) is 0 Å². The van der Waals surface area contributed by atoms with E-state index in [0.717, 1.165) is 9.35 Å². The molecule has 4 N–H and O–H groups in total. The van der Waals surface area contributed by atoms with Crippen molar-refractivity contribution in [3.05, 3.63) is 45.5 Å². The van der Waals surface area contributed by atoms with E-state index in [1.54, 1.807) is 0 Å². The second-order valence-electron chi connectivity index (χ2n) is 2.96. The van der Waals surface area contributed by atoms with Gasteiger partial charge in [-0.2, -0.15) is 19.3 Å². The summed E-state index contributed by atoms with van der Waals surface area (Å²) in [4.78, 5) is 29.8. The Labute approximate surface area is 88.8 Å². The predicted octanol–water partition coefficient (Wildman–Crippen LogP) is -1.72. The molecular formula is C8H8N6O2. The van der Waals surface area contributed by atoms with Gasteiger partial charge in [0.15, 0.2) is 0 Å². The van der Waals surface area contributed by atoms with E-state index in [4.69, 9.17) is 11.5 Å². The summed E-state index contributed by atoms with van der Waals surface area (Å²) in [5.41, 5.74) is 9.30. The van der Waals surface area contributed by atoms with Crippen LogP contribution in [0.1, 0.15) is 0 Å². The van der Waals surface area contributed by atoms with Crippen molar-refractivity contribution in [3.63, 3.8) is 0 Å². The maximum Gasteiger partial charge on any atom is 0.368 e. The molecule has 8 heteroatoms. The minimum atomic E-state index is -0.673. The molecule has 2 heterocycles. The Bertz CT molecular complexity index is 586. The van der Waals surface area contributed by atoms with Gasteiger partial charge in [0.05, 0.1) is 0 Å². The molecule has 16 heavy (non-hydrogen) atoms. The van der Waals surface area contributed by atoms with E-state index in [-0.39, 0.29) is 11.6 Å². The fourth-order valence-electron chi connectivity index (χ4n) is 1.15. The number of nitrogens with zero attached hydrogens (tertiary/aromatic N) is 4. The monoisotopic (exact) mass is 220 g/mol. The van der Waals surface area contributed by atoms with Crippen LogP contribution in [-0.2, 0) is 0 Å². The Hall–Kier alpha value is -2.64. The van der Waals surface area contributed by atoms with Crippen LogP contribution < -0.4 is 22.8 Å². The van der Waals surface area contributed by atoms with E-state index >= 15 is 0 Å². The van der Waals surface area contributed by atoms with Gasteiger partial charge >= 0.3 is 11.4 Å². The zero-order valence-electron chi connectivity index (χ0n) is 8.07. The Morgan fingerprint density at radius 3 is 1.56 bits per heavy atom. The minimum Gasteiger partial charge on any atom is -0.383 e. The average molecular weight is 220 g/mol. The van der Waals surface area contributed by atoms with Crippen molar-refractivity contribution >= 4 is 11.6 Å². The van der Waals surface area contributed by atoms with Crippen LogP contribution in [-0.4, -0.2) is 19.3 Å². The van der Waals surface area contributed by atoms with E-state index in [9.17, 15) is 9.59 Å². The number of hydrogen-bond acceptors (Lipinski definition) is 6. The van der Waals surface area contributed by atoms with Gasteiger partial charge in [0.1, 0.15) is 11.6 Å². The van der Waals surface area contributed by atoms with Gasteiger partial charge in [0.2, 0.25) is 0 Å². The first-order valence-electron chi connectivity index (χ1n) is 4.29. The van der Waals surface area contributed by atoms with E-state index < -0.39 is 11.4 Å². The molecule has 2 aromatic heterocycles. The summed E-state index contributed by atoms with van der Waals surface area (Å²) in [5.74, 6) is 0.162. The molecule has 0 bridgehead atoms. The lowest BCUT2D eigenvalue weighted by atomic mass is 10.6. The lowest BCUT2D eigenvalue weighted by Crippen LogP contribution is -2.36. The lowest BCUT2D eigenvalue weighted by molar-refractivity contribution is 0.573. The van der Waals surface area contributed by atoms with E-state index in [1.807, 2.05) is 0 Å². The van der Waals surface area contributed by atoms with Crippen LogP contribution in [0.2, 0.25) is 0 Å². The molecule has 2 aromatic rings. The van der Waals surface area contributed by atoms with Crippen LogP contribution in [0.15, 0.2) is 34.1 Å². The normalized spacial score (nSPS) is 10.2. The van der Waals surface area contributed by atoms with Crippen molar-refractivity contribution in [1.29, 1.82) is 0 Å². The van der Waals surface area contributed by atoms with Crippen molar-refractivity contribution in [2.45, 2.75) is 0 Å². The predicted molar refractivity (Wildman–Crippen MR) is 56.6 cm³/mol. The molecule has 8 nitrogen and oxygen atoms in total. The van der Waals surface area contributed by atoms with Gasteiger partial charge in [0.25, 0.3) is 0 Å². The van der Waals surface area contributed by atoms with Gasteiger partial charge in [-0.05, 0) is 12.1 Å². The molecule has 0 spiro atoms. The van der Waals surface area contributed by atoms with Gasteiger partial charge in [-0.1, -0.05) is 0 Å². The van der Waals surface area contributed by atoms with Crippen LogP contribution in [0.5, 0.6) is 0 Å². The maximum absolute atomic E-state index is 11.4. The second-order valence-corrected chi connectivity index (χ2v) is 2.96. The molecule has 82 valence electrons. The number of anilines is 2. The molecule has 0 atom stereocenters. The SMILES string of the molecule is Nc1ccn(-n2ccc(N)nc2=O)c(=O)n1. The summed E-state index contributed by atoms with van der Waals surface area (Å²) in [6.45, 7) is 0. The molecule has 0 unspecified atom stereocenters. The third-order valence-corrected chi connectivity index (χ3v) is 1.85.